The van der Waals surface area contributed by atoms with Crippen LogP contribution in [-0.4, -0.2) is 22.8 Å². The second-order valence-electron chi connectivity index (χ2n) is 5.96. The zero-order chi connectivity index (χ0) is 19.0. The molecule has 0 saturated carbocycles. The fourth-order valence-electron chi connectivity index (χ4n) is 2.84. The van der Waals surface area contributed by atoms with Crippen LogP contribution in [0.15, 0.2) is 54.6 Å². The summed E-state index contributed by atoms with van der Waals surface area (Å²) in [4.78, 5) is 14.2. The maximum absolute atomic E-state index is 12.7. The maximum Gasteiger partial charge on any atom is 0.265 e. The molecule has 0 radical (unpaired) electrons. The number of anilines is 1. The maximum atomic E-state index is 12.7. The molecule has 27 heavy (non-hydrogen) atoms. The third kappa shape index (κ3) is 3.29. The van der Waals surface area contributed by atoms with Gasteiger partial charge in [-0.1, -0.05) is 29.8 Å². The molecule has 0 spiro atoms. The molecule has 0 bridgehead atoms. The summed E-state index contributed by atoms with van der Waals surface area (Å²) < 4.78 is 6.99. The molecule has 2 heterocycles. The number of methoxy groups -OCH3 is 1. The van der Waals surface area contributed by atoms with Crippen molar-refractivity contribution >= 4 is 44.7 Å². The number of nitrogens with one attached hydrogen (secondary N) is 1. The third-order valence-electron chi connectivity index (χ3n) is 4.18. The zero-order valence-corrected chi connectivity index (χ0v) is 16.3. The number of rotatable bonds is 4. The van der Waals surface area contributed by atoms with Crippen LogP contribution in [0.5, 0.6) is 5.75 Å². The summed E-state index contributed by atoms with van der Waals surface area (Å²) in [6, 6.07) is 16.6. The van der Waals surface area contributed by atoms with Crippen molar-refractivity contribution in [3.8, 4) is 11.4 Å². The van der Waals surface area contributed by atoms with Gasteiger partial charge in [-0.25, -0.2) is 4.68 Å². The summed E-state index contributed by atoms with van der Waals surface area (Å²) in [5, 5.41) is 9.04. The Morgan fingerprint density at radius 2 is 2.00 bits per heavy atom. The van der Waals surface area contributed by atoms with E-state index in [0.717, 1.165) is 21.6 Å². The fourth-order valence-corrected chi connectivity index (χ4v) is 4.13. The number of halogens is 1. The lowest BCUT2D eigenvalue weighted by Crippen LogP contribution is -2.10. The molecular formula is C20H16ClN3O2S. The third-order valence-corrected chi connectivity index (χ3v) is 5.61. The van der Waals surface area contributed by atoms with E-state index in [1.54, 1.807) is 17.9 Å². The second-order valence-corrected chi connectivity index (χ2v) is 7.40. The Morgan fingerprint density at radius 1 is 1.19 bits per heavy atom. The number of carbonyl (C=O) groups is 1. The van der Waals surface area contributed by atoms with E-state index in [0.29, 0.717) is 21.3 Å². The highest BCUT2D eigenvalue weighted by molar-refractivity contribution is 7.20. The summed E-state index contributed by atoms with van der Waals surface area (Å²) in [6.07, 6.45) is 0. The predicted octanol–water partition coefficient (Wildman–Crippen LogP) is 5.31. The van der Waals surface area contributed by atoms with Crippen molar-refractivity contribution in [3.63, 3.8) is 0 Å². The van der Waals surface area contributed by atoms with Crippen LogP contribution in [0.4, 0.5) is 5.69 Å². The van der Waals surface area contributed by atoms with Gasteiger partial charge < -0.3 is 10.1 Å². The summed E-state index contributed by atoms with van der Waals surface area (Å²) in [5.41, 5.74) is 2.32. The minimum absolute atomic E-state index is 0.172. The number of aromatic nitrogens is 2. The van der Waals surface area contributed by atoms with Crippen molar-refractivity contribution in [2.45, 2.75) is 6.92 Å². The topological polar surface area (TPSA) is 56.1 Å². The number of fused-ring (bicyclic) bond motifs is 1. The molecule has 136 valence electrons. The van der Waals surface area contributed by atoms with E-state index in [1.165, 1.54) is 11.3 Å². The van der Waals surface area contributed by atoms with E-state index >= 15 is 0 Å². The van der Waals surface area contributed by atoms with Crippen LogP contribution in [0, 0.1) is 6.92 Å². The van der Waals surface area contributed by atoms with Crippen LogP contribution < -0.4 is 10.1 Å². The Kier molecular flexibility index (Phi) is 4.59. The van der Waals surface area contributed by atoms with Gasteiger partial charge in [0, 0.05) is 17.1 Å². The number of amides is 1. The molecule has 0 unspecified atom stereocenters. The molecule has 1 amide bonds. The van der Waals surface area contributed by atoms with Gasteiger partial charge in [0.25, 0.3) is 5.91 Å². The fraction of sp³-hybridized carbons (Fsp3) is 0.100. The largest absolute Gasteiger partial charge is 0.497 e. The molecule has 0 atom stereocenters. The van der Waals surface area contributed by atoms with E-state index < -0.39 is 0 Å². The first-order valence-corrected chi connectivity index (χ1v) is 9.46. The van der Waals surface area contributed by atoms with Crippen molar-refractivity contribution in [1.29, 1.82) is 0 Å². The van der Waals surface area contributed by atoms with Crippen LogP contribution in [0.25, 0.3) is 15.9 Å². The van der Waals surface area contributed by atoms with E-state index in [4.69, 9.17) is 16.3 Å². The van der Waals surface area contributed by atoms with Gasteiger partial charge in [0.2, 0.25) is 0 Å². The van der Waals surface area contributed by atoms with Crippen molar-refractivity contribution in [3.05, 3.63) is 70.2 Å². The van der Waals surface area contributed by atoms with E-state index in [1.807, 2.05) is 55.5 Å². The lowest BCUT2D eigenvalue weighted by atomic mass is 10.2. The number of aryl methyl sites for hydroxylation is 1. The molecule has 2 aromatic carbocycles. The van der Waals surface area contributed by atoms with Gasteiger partial charge in [-0.15, -0.1) is 11.3 Å². The number of nitrogens with zero attached hydrogens (tertiary/aromatic N) is 2. The van der Waals surface area contributed by atoms with E-state index in [9.17, 15) is 4.79 Å². The SMILES string of the molecule is COc1cccc(NC(=O)c2cc3c(C)nn(-c4ccccc4Cl)c3s2)c1. The predicted molar refractivity (Wildman–Crippen MR) is 110 cm³/mol. The van der Waals surface area contributed by atoms with Crippen molar-refractivity contribution < 1.29 is 9.53 Å². The van der Waals surface area contributed by atoms with Gasteiger partial charge >= 0.3 is 0 Å². The van der Waals surface area contributed by atoms with Gasteiger partial charge in [-0.3, -0.25) is 4.79 Å². The first-order valence-electron chi connectivity index (χ1n) is 8.26. The monoisotopic (exact) mass is 397 g/mol. The normalized spacial score (nSPS) is 10.9. The average Bonchev–Trinajstić information content (AvgIpc) is 3.23. The molecule has 0 aliphatic carbocycles. The molecule has 0 saturated heterocycles. The molecule has 0 fully saturated rings. The number of hydrogen-bond acceptors (Lipinski definition) is 4. The smallest absolute Gasteiger partial charge is 0.265 e. The molecule has 1 N–H and O–H groups in total. The minimum Gasteiger partial charge on any atom is -0.497 e. The second kappa shape index (κ2) is 7.06. The number of para-hydroxylation sites is 1. The highest BCUT2D eigenvalue weighted by Crippen LogP contribution is 2.32. The molecule has 0 aliphatic heterocycles. The summed E-state index contributed by atoms with van der Waals surface area (Å²) >= 11 is 7.71. The van der Waals surface area contributed by atoms with Crippen LogP contribution in [0.2, 0.25) is 5.02 Å². The Bertz CT molecular complexity index is 1150. The summed E-state index contributed by atoms with van der Waals surface area (Å²) in [5.74, 6) is 0.518. The number of hydrogen-bond donors (Lipinski definition) is 1. The standard InChI is InChI=1S/C20H16ClN3O2S/c1-12-15-11-18(19(25)22-13-6-5-7-14(10-13)26-2)27-20(15)24(23-12)17-9-4-3-8-16(17)21/h3-11H,1-2H3,(H,22,25). The molecule has 4 rings (SSSR count). The molecule has 2 aromatic heterocycles. The number of thiophene rings is 1. The first kappa shape index (κ1) is 17.6. The number of ether oxygens (including phenoxy) is 1. The van der Waals surface area contributed by atoms with Crippen molar-refractivity contribution in [2.24, 2.45) is 0 Å². The quantitative estimate of drug-likeness (QED) is 0.507. The molecular weight excluding hydrogens is 382 g/mol. The molecule has 5 nitrogen and oxygen atoms in total. The van der Waals surface area contributed by atoms with Gasteiger partial charge in [0.15, 0.2) is 0 Å². The van der Waals surface area contributed by atoms with Gasteiger partial charge in [0.05, 0.1) is 28.4 Å². The van der Waals surface area contributed by atoms with Gasteiger partial charge in [-0.05, 0) is 37.3 Å². The summed E-state index contributed by atoms with van der Waals surface area (Å²) in [7, 11) is 1.59. The number of carbonyl (C=O) groups excluding carboxylic acids is 1. The Morgan fingerprint density at radius 3 is 2.78 bits per heavy atom. The Hall–Kier alpha value is -2.83. The highest BCUT2D eigenvalue weighted by Gasteiger charge is 2.18. The minimum atomic E-state index is -0.172. The molecule has 4 aromatic rings. The zero-order valence-electron chi connectivity index (χ0n) is 14.7. The average molecular weight is 398 g/mol. The van der Waals surface area contributed by atoms with Crippen LogP contribution in [-0.2, 0) is 0 Å². The summed E-state index contributed by atoms with van der Waals surface area (Å²) in [6.45, 7) is 1.92. The molecule has 7 heteroatoms. The van der Waals surface area contributed by atoms with Crippen molar-refractivity contribution in [1.82, 2.24) is 9.78 Å². The van der Waals surface area contributed by atoms with Crippen LogP contribution >= 0.6 is 22.9 Å². The lowest BCUT2D eigenvalue weighted by molar-refractivity contribution is 0.103. The Balaban J connectivity index is 1.70. The first-order chi connectivity index (χ1) is 13.1. The lowest BCUT2D eigenvalue weighted by Gasteiger charge is -2.06. The molecule has 0 aliphatic rings. The van der Waals surface area contributed by atoms with Crippen LogP contribution in [0.3, 0.4) is 0 Å². The number of benzene rings is 2. The van der Waals surface area contributed by atoms with Gasteiger partial charge in [0.1, 0.15) is 10.6 Å². The van der Waals surface area contributed by atoms with Crippen molar-refractivity contribution in [2.75, 3.05) is 12.4 Å². The van der Waals surface area contributed by atoms with E-state index in [2.05, 4.69) is 10.4 Å². The van der Waals surface area contributed by atoms with Gasteiger partial charge in [-0.2, -0.15) is 5.10 Å². The van der Waals surface area contributed by atoms with E-state index in [-0.39, 0.29) is 5.91 Å². The highest BCUT2D eigenvalue weighted by atomic mass is 35.5. The van der Waals surface area contributed by atoms with Crippen LogP contribution in [0.1, 0.15) is 15.4 Å². The Labute approximate surface area is 165 Å².